The topological polar surface area (TPSA) is 25.8 Å². The molecular weight excluding hydrogens is 311 g/mol. The average Bonchev–Trinajstić information content (AvgIpc) is 2.28. The third kappa shape index (κ3) is 1.55. The lowest BCUT2D eigenvalue weighted by Gasteiger charge is -2.03. The summed E-state index contributed by atoms with van der Waals surface area (Å²) in [6.45, 7) is 2.05. The summed E-state index contributed by atoms with van der Waals surface area (Å²) in [4.78, 5) is 8.94. The van der Waals surface area contributed by atoms with Crippen molar-refractivity contribution in [3.63, 3.8) is 0 Å². The Morgan fingerprint density at radius 1 is 0.938 bits per heavy atom. The van der Waals surface area contributed by atoms with Gasteiger partial charge in [0, 0.05) is 26.7 Å². The third-order valence-electron chi connectivity index (χ3n) is 2.60. The van der Waals surface area contributed by atoms with Gasteiger partial charge in [-0.1, -0.05) is 12.1 Å². The molecule has 0 N–H and O–H groups in total. The Bertz CT molecular complexity index is 631. The predicted octanol–water partition coefficient (Wildman–Crippen LogP) is 3.70. The van der Waals surface area contributed by atoms with Crippen LogP contribution in [-0.4, -0.2) is 9.97 Å². The van der Waals surface area contributed by atoms with Crippen molar-refractivity contribution in [2.45, 2.75) is 6.92 Å². The summed E-state index contributed by atoms with van der Waals surface area (Å²) >= 11 is 2.27. The molecule has 0 atom stereocenters. The van der Waals surface area contributed by atoms with Crippen LogP contribution in [0.5, 0.6) is 0 Å². The van der Waals surface area contributed by atoms with Crippen molar-refractivity contribution in [2.75, 3.05) is 0 Å². The Balaban J connectivity index is 2.50. The molecule has 2 aromatic heterocycles. The maximum absolute atomic E-state index is 4.47. The number of hydrogen-bond donors (Lipinski definition) is 0. The summed E-state index contributed by atoms with van der Waals surface area (Å²) in [6.07, 6.45) is 3.77. The van der Waals surface area contributed by atoms with Gasteiger partial charge in [-0.25, -0.2) is 0 Å². The first-order chi connectivity index (χ1) is 7.74. The van der Waals surface area contributed by atoms with Gasteiger partial charge in [-0.2, -0.15) is 0 Å². The van der Waals surface area contributed by atoms with E-state index in [9.17, 15) is 0 Å². The molecule has 0 unspecified atom stereocenters. The fraction of sp³-hybridized carbons (Fsp3) is 0.0769. The van der Waals surface area contributed by atoms with Crippen molar-refractivity contribution in [3.8, 4) is 0 Å². The van der Waals surface area contributed by atoms with Crippen LogP contribution in [0.4, 0.5) is 0 Å². The van der Waals surface area contributed by atoms with Crippen molar-refractivity contribution in [1.29, 1.82) is 0 Å². The molecule has 2 heterocycles. The van der Waals surface area contributed by atoms with Crippen molar-refractivity contribution in [1.82, 2.24) is 9.97 Å². The molecule has 0 fully saturated rings. The number of aromatic nitrogens is 2. The Labute approximate surface area is 107 Å². The molecule has 2 nitrogen and oxygen atoms in total. The van der Waals surface area contributed by atoms with Crippen LogP contribution in [-0.2, 0) is 0 Å². The lowest BCUT2D eigenvalue weighted by atomic mass is 10.1. The van der Waals surface area contributed by atoms with E-state index in [0.717, 1.165) is 25.4 Å². The number of fused-ring (bicyclic) bond motifs is 3. The first kappa shape index (κ1) is 9.96. The van der Waals surface area contributed by atoms with Gasteiger partial charge >= 0.3 is 0 Å². The van der Waals surface area contributed by atoms with Crippen LogP contribution < -0.4 is 0 Å². The van der Waals surface area contributed by atoms with Crippen LogP contribution in [0.25, 0.3) is 21.8 Å². The first-order valence-electron chi connectivity index (χ1n) is 5.05. The first-order valence-corrected chi connectivity index (χ1v) is 6.12. The van der Waals surface area contributed by atoms with Gasteiger partial charge < -0.3 is 0 Å². The summed E-state index contributed by atoms with van der Waals surface area (Å²) in [6, 6.07) is 8.48. The van der Waals surface area contributed by atoms with E-state index in [-0.39, 0.29) is 0 Å². The van der Waals surface area contributed by atoms with Crippen LogP contribution in [0, 0.1) is 10.5 Å². The Morgan fingerprint density at radius 3 is 2.31 bits per heavy atom. The summed E-state index contributed by atoms with van der Waals surface area (Å²) < 4.78 is 1.15. The molecule has 0 amide bonds. The molecule has 0 aliphatic heterocycles. The van der Waals surface area contributed by atoms with E-state index in [1.54, 1.807) is 0 Å². The molecule has 0 saturated carbocycles. The highest BCUT2D eigenvalue weighted by atomic mass is 127. The predicted molar refractivity (Wildman–Crippen MR) is 74.5 cm³/mol. The smallest absolute Gasteiger partial charge is 0.0965 e. The van der Waals surface area contributed by atoms with E-state index >= 15 is 0 Å². The summed E-state index contributed by atoms with van der Waals surface area (Å²) in [7, 11) is 0. The van der Waals surface area contributed by atoms with Crippen LogP contribution in [0.3, 0.4) is 0 Å². The molecule has 0 saturated heterocycles. The van der Waals surface area contributed by atoms with Crippen LogP contribution in [0.2, 0.25) is 0 Å². The quantitative estimate of drug-likeness (QED) is 0.466. The van der Waals surface area contributed by atoms with E-state index in [0.29, 0.717) is 0 Å². The minimum absolute atomic E-state index is 0.984. The number of pyridine rings is 2. The maximum atomic E-state index is 4.47. The number of rotatable bonds is 0. The zero-order chi connectivity index (χ0) is 11.1. The number of benzene rings is 1. The lowest BCUT2D eigenvalue weighted by molar-refractivity contribution is 1.32. The van der Waals surface area contributed by atoms with E-state index in [2.05, 4.69) is 63.7 Å². The summed E-state index contributed by atoms with van der Waals surface area (Å²) in [5.41, 5.74) is 3.15. The van der Waals surface area contributed by atoms with Gasteiger partial charge in [-0.3, -0.25) is 9.97 Å². The van der Waals surface area contributed by atoms with Crippen LogP contribution in [0.1, 0.15) is 5.56 Å². The van der Waals surface area contributed by atoms with E-state index in [1.165, 1.54) is 5.56 Å². The minimum Gasteiger partial charge on any atom is -0.254 e. The molecule has 16 heavy (non-hydrogen) atoms. The number of aryl methyl sites for hydroxylation is 1. The van der Waals surface area contributed by atoms with Crippen LogP contribution in [0.15, 0.2) is 36.7 Å². The largest absolute Gasteiger partial charge is 0.254 e. The number of nitrogens with zero attached hydrogens (tertiary/aromatic N) is 2. The van der Waals surface area contributed by atoms with Gasteiger partial charge in [0.05, 0.1) is 11.0 Å². The average molecular weight is 320 g/mol. The fourth-order valence-corrected chi connectivity index (χ4v) is 2.35. The Hall–Kier alpha value is -1.23. The minimum atomic E-state index is 0.984. The molecule has 78 valence electrons. The van der Waals surface area contributed by atoms with E-state index in [1.807, 2.05) is 12.4 Å². The van der Waals surface area contributed by atoms with Gasteiger partial charge in [0.1, 0.15) is 0 Å². The summed E-state index contributed by atoms with van der Waals surface area (Å²) in [5.74, 6) is 0. The maximum Gasteiger partial charge on any atom is 0.0965 e. The van der Waals surface area contributed by atoms with Gasteiger partial charge in [-0.15, -0.1) is 0 Å². The van der Waals surface area contributed by atoms with E-state index < -0.39 is 0 Å². The molecule has 0 aliphatic rings. The second kappa shape index (κ2) is 3.66. The highest BCUT2D eigenvalue weighted by molar-refractivity contribution is 14.1. The van der Waals surface area contributed by atoms with Gasteiger partial charge in [0.2, 0.25) is 0 Å². The van der Waals surface area contributed by atoms with Gasteiger partial charge in [-0.05, 0) is 47.2 Å². The second-order valence-electron chi connectivity index (χ2n) is 3.88. The fourth-order valence-electron chi connectivity index (χ4n) is 1.88. The SMILES string of the molecule is Cc1cnc2c(ccc3cc(I)cnc32)c1. The normalized spacial score (nSPS) is 11.1. The summed E-state index contributed by atoms with van der Waals surface area (Å²) in [5, 5.41) is 2.30. The van der Waals surface area contributed by atoms with Crippen molar-refractivity contribution >= 4 is 44.4 Å². The zero-order valence-electron chi connectivity index (χ0n) is 8.74. The van der Waals surface area contributed by atoms with Crippen LogP contribution >= 0.6 is 22.6 Å². The molecule has 3 rings (SSSR count). The molecule has 1 aromatic carbocycles. The highest BCUT2D eigenvalue weighted by Gasteiger charge is 2.03. The molecule has 0 bridgehead atoms. The molecule has 0 spiro atoms. The van der Waals surface area contributed by atoms with Crippen molar-refractivity contribution in [2.24, 2.45) is 0 Å². The Morgan fingerprint density at radius 2 is 1.56 bits per heavy atom. The van der Waals surface area contributed by atoms with Crippen molar-refractivity contribution in [3.05, 3.63) is 45.8 Å². The second-order valence-corrected chi connectivity index (χ2v) is 5.12. The Kier molecular flexibility index (Phi) is 2.28. The molecule has 0 aliphatic carbocycles. The molecular formula is C13H9IN2. The van der Waals surface area contributed by atoms with Gasteiger partial charge in [0.25, 0.3) is 0 Å². The highest BCUT2D eigenvalue weighted by Crippen LogP contribution is 2.23. The molecule has 3 aromatic rings. The van der Waals surface area contributed by atoms with E-state index in [4.69, 9.17) is 0 Å². The monoisotopic (exact) mass is 320 g/mol. The van der Waals surface area contributed by atoms with Crippen molar-refractivity contribution < 1.29 is 0 Å². The standard InChI is InChI=1S/C13H9IN2/c1-8-4-9-2-3-10-5-11(14)7-16-13(10)12(9)15-6-8/h2-7H,1H3. The lowest BCUT2D eigenvalue weighted by Crippen LogP contribution is -1.87. The number of hydrogen-bond acceptors (Lipinski definition) is 2. The zero-order valence-corrected chi connectivity index (χ0v) is 10.9. The van der Waals surface area contributed by atoms with Gasteiger partial charge in [0.15, 0.2) is 0 Å². The molecule has 0 radical (unpaired) electrons. The number of halogens is 1. The third-order valence-corrected chi connectivity index (χ3v) is 3.19. The molecule has 3 heteroatoms.